The number of nitrogens with one attached hydrogen (secondary N) is 1. The van der Waals surface area contributed by atoms with E-state index < -0.39 is 0 Å². The summed E-state index contributed by atoms with van der Waals surface area (Å²) in [6, 6.07) is 18.4. The summed E-state index contributed by atoms with van der Waals surface area (Å²) >= 11 is 5.80. The lowest BCUT2D eigenvalue weighted by Gasteiger charge is -2.10. The molecule has 1 heterocycles. The number of nitrogens with zero attached hydrogens (tertiary/aromatic N) is 1. The molecule has 2 aromatic carbocycles. The first-order chi connectivity index (χ1) is 9.76. The Morgan fingerprint density at radius 3 is 2.55 bits per heavy atom. The van der Waals surface area contributed by atoms with Gasteiger partial charge in [0.2, 0.25) is 0 Å². The van der Waals surface area contributed by atoms with E-state index in [0.29, 0.717) is 5.88 Å². The van der Waals surface area contributed by atoms with Gasteiger partial charge < -0.3 is 5.32 Å². The zero-order valence-electron chi connectivity index (χ0n) is 11.2. The number of alkyl halides is 1. The van der Waals surface area contributed by atoms with Gasteiger partial charge in [0.05, 0.1) is 5.52 Å². The van der Waals surface area contributed by atoms with Crippen LogP contribution in [0.15, 0.2) is 54.6 Å². The molecule has 100 valence electrons. The van der Waals surface area contributed by atoms with Crippen LogP contribution >= 0.6 is 11.6 Å². The molecule has 0 saturated carbocycles. The second kappa shape index (κ2) is 5.51. The van der Waals surface area contributed by atoms with E-state index in [-0.39, 0.29) is 0 Å². The summed E-state index contributed by atoms with van der Waals surface area (Å²) in [5.41, 5.74) is 4.26. The molecule has 0 bridgehead atoms. The number of rotatable bonds is 3. The predicted octanol–water partition coefficient (Wildman–Crippen LogP) is 5.03. The third kappa shape index (κ3) is 2.61. The molecular formula is C17H15ClN2. The van der Waals surface area contributed by atoms with E-state index >= 15 is 0 Å². The third-order valence-corrected chi connectivity index (χ3v) is 3.59. The average Bonchev–Trinajstić information content (AvgIpc) is 2.49. The second-order valence-electron chi connectivity index (χ2n) is 4.80. The Morgan fingerprint density at radius 2 is 1.80 bits per heavy atom. The zero-order chi connectivity index (χ0) is 13.9. The normalized spacial score (nSPS) is 10.7. The van der Waals surface area contributed by atoms with E-state index in [1.807, 2.05) is 42.5 Å². The van der Waals surface area contributed by atoms with E-state index in [2.05, 4.69) is 29.4 Å². The first-order valence-corrected chi connectivity index (χ1v) is 7.08. The standard InChI is InChI=1S/C17H15ClN2/c1-12-10-14-4-2-3-5-16(14)20-17(12)19-15-8-6-13(11-18)7-9-15/h2-10H,11H2,1H3,(H,19,20). The van der Waals surface area contributed by atoms with Crippen LogP contribution in [-0.2, 0) is 5.88 Å². The van der Waals surface area contributed by atoms with E-state index in [0.717, 1.165) is 33.5 Å². The maximum absolute atomic E-state index is 5.80. The molecule has 0 spiro atoms. The highest BCUT2D eigenvalue weighted by Gasteiger charge is 2.03. The molecule has 0 aliphatic rings. The second-order valence-corrected chi connectivity index (χ2v) is 5.07. The highest BCUT2D eigenvalue weighted by molar-refractivity contribution is 6.17. The molecule has 1 N–H and O–H groups in total. The maximum atomic E-state index is 5.80. The molecule has 0 unspecified atom stereocenters. The van der Waals surface area contributed by atoms with Crippen LogP contribution in [0, 0.1) is 6.92 Å². The van der Waals surface area contributed by atoms with Crippen molar-refractivity contribution in [1.82, 2.24) is 4.98 Å². The summed E-state index contributed by atoms with van der Waals surface area (Å²) in [6.45, 7) is 2.06. The van der Waals surface area contributed by atoms with Crippen molar-refractivity contribution in [1.29, 1.82) is 0 Å². The minimum atomic E-state index is 0.535. The quantitative estimate of drug-likeness (QED) is 0.682. The highest BCUT2D eigenvalue weighted by atomic mass is 35.5. The lowest BCUT2D eigenvalue weighted by atomic mass is 10.1. The van der Waals surface area contributed by atoms with E-state index in [1.165, 1.54) is 0 Å². The summed E-state index contributed by atoms with van der Waals surface area (Å²) in [5, 5.41) is 4.52. The van der Waals surface area contributed by atoms with E-state index in [1.54, 1.807) is 0 Å². The fourth-order valence-electron chi connectivity index (χ4n) is 2.16. The topological polar surface area (TPSA) is 24.9 Å². The number of para-hydroxylation sites is 1. The Morgan fingerprint density at radius 1 is 1.05 bits per heavy atom. The maximum Gasteiger partial charge on any atom is 0.134 e. The summed E-state index contributed by atoms with van der Waals surface area (Å²) in [4.78, 5) is 4.68. The van der Waals surface area contributed by atoms with Crippen molar-refractivity contribution in [2.45, 2.75) is 12.8 Å². The molecule has 0 radical (unpaired) electrons. The van der Waals surface area contributed by atoms with Crippen LogP contribution in [0.4, 0.5) is 11.5 Å². The number of benzene rings is 2. The number of aryl methyl sites for hydroxylation is 1. The van der Waals surface area contributed by atoms with Gasteiger partial charge in [0.15, 0.2) is 0 Å². The number of aromatic nitrogens is 1. The minimum Gasteiger partial charge on any atom is -0.340 e. The number of fused-ring (bicyclic) bond motifs is 1. The fourth-order valence-corrected chi connectivity index (χ4v) is 2.34. The van der Waals surface area contributed by atoms with Gasteiger partial charge in [0, 0.05) is 17.0 Å². The fraction of sp³-hybridized carbons (Fsp3) is 0.118. The van der Waals surface area contributed by atoms with Crippen molar-refractivity contribution in [2.24, 2.45) is 0 Å². The summed E-state index contributed by atoms with van der Waals surface area (Å²) < 4.78 is 0. The molecule has 0 aliphatic carbocycles. The van der Waals surface area contributed by atoms with Crippen molar-refractivity contribution in [3.05, 3.63) is 65.7 Å². The first-order valence-electron chi connectivity index (χ1n) is 6.54. The van der Waals surface area contributed by atoms with Gasteiger partial charge in [-0.2, -0.15) is 0 Å². The van der Waals surface area contributed by atoms with Crippen LogP contribution in [0.2, 0.25) is 0 Å². The van der Waals surface area contributed by atoms with Gasteiger partial charge in [0.1, 0.15) is 5.82 Å². The molecule has 3 aromatic rings. The monoisotopic (exact) mass is 282 g/mol. The average molecular weight is 283 g/mol. The highest BCUT2D eigenvalue weighted by Crippen LogP contribution is 2.23. The molecule has 3 rings (SSSR count). The van der Waals surface area contributed by atoms with Gasteiger partial charge in [-0.3, -0.25) is 0 Å². The Balaban J connectivity index is 1.94. The van der Waals surface area contributed by atoms with Crippen LogP contribution in [0.1, 0.15) is 11.1 Å². The van der Waals surface area contributed by atoms with Gasteiger partial charge in [-0.1, -0.05) is 30.3 Å². The smallest absolute Gasteiger partial charge is 0.134 e. The Hall–Kier alpha value is -2.06. The van der Waals surface area contributed by atoms with Gasteiger partial charge >= 0.3 is 0 Å². The predicted molar refractivity (Wildman–Crippen MR) is 85.8 cm³/mol. The van der Waals surface area contributed by atoms with E-state index in [9.17, 15) is 0 Å². The van der Waals surface area contributed by atoms with Crippen molar-refractivity contribution in [3.63, 3.8) is 0 Å². The van der Waals surface area contributed by atoms with Gasteiger partial charge in [-0.15, -0.1) is 11.6 Å². The first kappa shape index (κ1) is 12.9. The molecule has 0 fully saturated rings. The summed E-state index contributed by atoms with van der Waals surface area (Å²) in [5.74, 6) is 1.43. The van der Waals surface area contributed by atoms with Gasteiger partial charge in [0.25, 0.3) is 0 Å². The van der Waals surface area contributed by atoms with Crippen LogP contribution in [0.5, 0.6) is 0 Å². The summed E-state index contributed by atoms with van der Waals surface area (Å²) in [6.07, 6.45) is 0. The largest absolute Gasteiger partial charge is 0.340 e. The molecule has 3 heteroatoms. The molecular weight excluding hydrogens is 268 g/mol. The van der Waals surface area contributed by atoms with Gasteiger partial charge in [-0.25, -0.2) is 4.98 Å². The van der Waals surface area contributed by atoms with Crippen molar-refractivity contribution >= 4 is 34.0 Å². The van der Waals surface area contributed by atoms with Crippen LogP contribution in [0.25, 0.3) is 10.9 Å². The Bertz CT molecular complexity index is 736. The van der Waals surface area contributed by atoms with Crippen molar-refractivity contribution in [2.75, 3.05) is 5.32 Å². The van der Waals surface area contributed by atoms with E-state index in [4.69, 9.17) is 11.6 Å². The number of hydrogen-bond acceptors (Lipinski definition) is 2. The molecule has 1 aromatic heterocycles. The number of hydrogen-bond donors (Lipinski definition) is 1. The van der Waals surface area contributed by atoms with Crippen molar-refractivity contribution in [3.8, 4) is 0 Å². The third-order valence-electron chi connectivity index (χ3n) is 3.29. The van der Waals surface area contributed by atoms with Crippen molar-refractivity contribution < 1.29 is 0 Å². The zero-order valence-corrected chi connectivity index (χ0v) is 12.0. The lowest BCUT2D eigenvalue weighted by molar-refractivity contribution is 1.30. The molecule has 20 heavy (non-hydrogen) atoms. The molecule has 0 saturated heterocycles. The molecule has 0 atom stereocenters. The minimum absolute atomic E-state index is 0.535. The molecule has 0 amide bonds. The Labute approximate surface area is 123 Å². The Kier molecular flexibility index (Phi) is 3.57. The number of halogens is 1. The SMILES string of the molecule is Cc1cc2ccccc2nc1Nc1ccc(CCl)cc1. The molecule has 0 aliphatic heterocycles. The lowest BCUT2D eigenvalue weighted by Crippen LogP contribution is -1.97. The van der Waals surface area contributed by atoms with Gasteiger partial charge in [-0.05, 0) is 42.3 Å². The number of pyridine rings is 1. The van der Waals surface area contributed by atoms with Crippen LogP contribution in [0.3, 0.4) is 0 Å². The van der Waals surface area contributed by atoms with Crippen LogP contribution in [-0.4, -0.2) is 4.98 Å². The molecule has 2 nitrogen and oxygen atoms in total. The number of anilines is 2. The summed E-state index contributed by atoms with van der Waals surface area (Å²) in [7, 11) is 0. The van der Waals surface area contributed by atoms with Crippen LogP contribution < -0.4 is 5.32 Å².